The van der Waals surface area contributed by atoms with Crippen molar-refractivity contribution >= 4 is 17.0 Å². The summed E-state index contributed by atoms with van der Waals surface area (Å²) in [6.07, 6.45) is 0. The van der Waals surface area contributed by atoms with E-state index in [-0.39, 0.29) is 0 Å². The summed E-state index contributed by atoms with van der Waals surface area (Å²) in [4.78, 5) is 5.73. The largest absolute Gasteiger partial charge is 0.399 e. The maximum Gasteiger partial charge on any atom is 0.0846 e. The highest BCUT2D eigenvalue weighted by Crippen LogP contribution is 2.31. The molecule has 0 unspecified atom stereocenters. The number of thiazole rings is 1. The minimum atomic E-state index is 0.508. The van der Waals surface area contributed by atoms with Crippen LogP contribution in [0.4, 0.5) is 5.69 Å². The number of hydrogen-bond donors (Lipinski definition) is 1. The smallest absolute Gasteiger partial charge is 0.0846 e. The molecule has 3 heteroatoms. The number of nitrogens with zero attached hydrogens (tertiary/aromatic N) is 1. The van der Waals surface area contributed by atoms with Gasteiger partial charge in [-0.2, -0.15) is 0 Å². The maximum absolute atomic E-state index is 5.77. The molecule has 0 fully saturated rings. The molecule has 15 heavy (non-hydrogen) atoms. The highest BCUT2D eigenvalue weighted by Gasteiger charge is 2.11. The zero-order chi connectivity index (χ0) is 10.8. The van der Waals surface area contributed by atoms with Crippen LogP contribution in [-0.4, -0.2) is 4.98 Å². The fourth-order valence-electron chi connectivity index (χ4n) is 1.57. The molecule has 0 spiro atoms. The second-order valence-electron chi connectivity index (χ2n) is 3.85. The number of anilines is 1. The Labute approximate surface area is 93.8 Å². The predicted molar refractivity (Wildman–Crippen MR) is 66.1 cm³/mol. The first-order valence-electron chi connectivity index (χ1n) is 4.98. The molecule has 1 aromatic heterocycles. The third-order valence-corrected chi connectivity index (χ3v) is 3.41. The van der Waals surface area contributed by atoms with Gasteiger partial charge in [-0.1, -0.05) is 26.0 Å². The molecule has 2 rings (SSSR count). The van der Waals surface area contributed by atoms with E-state index in [1.54, 1.807) is 11.3 Å². The van der Waals surface area contributed by atoms with Crippen LogP contribution in [0.2, 0.25) is 0 Å². The highest BCUT2D eigenvalue weighted by molar-refractivity contribution is 7.10. The van der Waals surface area contributed by atoms with Crippen molar-refractivity contribution < 1.29 is 0 Å². The van der Waals surface area contributed by atoms with Gasteiger partial charge in [-0.15, -0.1) is 11.3 Å². The zero-order valence-corrected chi connectivity index (χ0v) is 9.71. The lowest BCUT2D eigenvalue weighted by Crippen LogP contribution is -1.90. The molecule has 2 N–H and O–H groups in total. The minimum Gasteiger partial charge on any atom is -0.399 e. The van der Waals surface area contributed by atoms with Crippen molar-refractivity contribution in [2.24, 2.45) is 0 Å². The molecule has 0 bridgehead atoms. The first kappa shape index (κ1) is 10.2. The number of aromatic nitrogens is 1. The number of nitrogen functional groups attached to an aromatic ring is 1. The number of benzene rings is 1. The monoisotopic (exact) mass is 218 g/mol. The molecule has 0 atom stereocenters. The summed E-state index contributed by atoms with van der Waals surface area (Å²) in [5.41, 5.74) is 10.6. The maximum atomic E-state index is 5.77. The summed E-state index contributed by atoms with van der Waals surface area (Å²) in [7, 11) is 0. The van der Waals surface area contributed by atoms with E-state index in [0.29, 0.717) is 5.92 Å². The fourth-order valence-corrected chi connectivity index (χ4v) is 2.39. The van der Waals surface area contributed by atoms with Gasteiger partial charge >= 0.3 is 0 Å². The van der Waals surface area contributed by atoms with Gasteiger partial charge in [-0.25, -0.2) is 4.98 Å². The Balaban J connectivity index is 2.49. The van der Waals surface area contributed by atoms with E-state index in [1.165, 1.54) is 4.88 Å². The number of nitrogens with two attached hydrogens (primary N) is 1. The second kappa shape index (κ2) is 4.03. The van der Waals surface area contributed by atoms with Crippen LogP contribution < -0.4 is 5.73 Å². The van der Waals surface area contributed by atoms with Crippen molar-refractivity contribution in [3.05, 3.63) is 34.7 Å². The van der Waals surface area contributed by atoms with Crippen LogP contribution in [0.1, 0.15) is 24.6 Å². The summed E-state index contributed by atoms with van der Waals surface area (Å²) in [6.45, 7) is 4.37. The fraction of sp³-hybridized carbons (Fsp3) is 0.250. The average Bonchev–Trinajstić information content (AvgIpc) is 2.65. The van der Waals surface area contributed by atoms with Gasteiger partial charge in [0, 0.05) is 16.1 Å². The van der Waals surface area contributed by atoms with Gasteiger partial charge < -0.3 is 5.73 Å². The Morgan fingerprint density at radius 2 is 2.13 bits per heavy atom. The van der Waals surface area contributed by atoms with E-state index >= 15 is 0 Å². The van der Waals surface area contributed by atoms with Crippen LogP contribution in [-0.2, 0) is 0 Å². The van der Waals surface area contributed by atoms with Crippen LogP contribution in [0.3, 0.4) is 0 Å². The summed E-state index contributed by atoms with van der Waals surface area (Å²) < 4.78 is 0. The Morgan fingerprint density at radius 1 is 1.33 bits per heavy atom. The number of rotatable bonds is 2. The van der Waals surface area contributed by atoms with Gasteiger partial charge in [0.05, 0.1) is 11.2 Å². The van der Waals surface area contributed by atoms with Crippen LogP contribution in [0.5, 0.6) is 0 Å². The van der Waals surface area contributed by atoms with Crippen molar-refractivity contribution in [1.29, 1.82) is 0 Å². The van der Waals surface area contributed by atoms with Gasteiger partial charge in [0.15, 0.2) is 0 Å². The molecule has 0 amide bonds. The molecule has 2 aromatic rings. The normalized spacial score (nSPS) is 10.9. The summed E-state index contributed by atoms with van der Waals surface area (Å²) in [5.74, 6) is 0.508. The first-order chi connectivity index (χ1) is 7.18. The van der Waals surface area contributed by atoms with E-state index in [1.807, 2.05) is 23.7 Å². The van der Waals surface area contributed by atoms with E-state index < -0.39 is 0 Å². The SMILES string of the molecule is CC(C)c1scnc1-c1cccc(N)c1. The van der Waals surface area contributed by atoms with Gasteiger partial charge in [-0.05, 0) is 18.1 Å². The summed E-state index contributed by atoms with van der Waals surface area (Å²) in [6, 6.07) is 7.89. The Hall–Kier alpha value is -1.35. The first-order valence-corrected chi connectivity index (χ1v) is 5.85. The van der Waals surface area contributed by atoms with Gasteiger partial charge in [0.25, 0.3) is 0 Å². The number of hydrogen-bond acceptors (Lipinski definition) is 3. The molecule has 2 nitrogen and oxygen atoms in total. The van der Waals surface area contributed by atoms with Crippen molar-refractivity contribution in [3.63, 3.8) is 0 Å². The zero-order valence-electron chi connectivity index (χ0n) is 8.90. The Kier molecular flexibility index (Phi) is 2.73. The second-order valence-corrected chi connectivity index (χ2v) is 4.73. The standard InChI is InChI=1S/C12H14N2S/c1-8(2)12-11(14-7-15-12)9-4-3-5-10(13)6-9/h3-8H,13H2,1-2H3. The topological polar surface area (TPSA) is 38.9 Å². The molecule has 0 aliphatic rings. The third-order valence-electron chi connectivity index (χ3n) is 2.28. The predicted octanol–water partition coefficient (Wildman–Crippen LogP) is 3.52. The quantitative estimate of drug-likeness (QED) is 0.783. The van der Waals surface area contributed by atoms with Gasteiger partial charge in [0.1, 0.15) is 0 Å². The molecule has 0 radical (unpaired) electrons. The lowest BCUT2D eigenvalue weighted by molar-refractivity contribution is 0.888. The molecule has 0 saturated heterocycles. The molecule has 0 saturated carbocycles. The van der Waals surface area contributed by atoms with Gasteiger partial charge in [0.2, 0.25) is 0 Å². The van der Waals surface area contributed by atoms with E-state index in [4.69, 9.17) is 5.73 Å². The van der Waals surface area contributed by atoms with Crippen molar-refractivity contribution in [2.75, 3.05) is 5.73 Å². The molecule has 78 valence electrons. The molecule has 1 heterocycles. The minimum absolute atomic E-state index is 0.508. The van der Waals surface area contributed by atoms with Crippen molar-refractivity contribution in [1.82, 2.24) is 4.98 Å². The lowest BCUT2D eigenvalue weighted by Gasteiger charge is -2.05. The Morgan fingerprint density at radius 3 is 2.80 bits per heavy atom. The summed E-state index contributed by atoms with van der Waals surface area (Å²) in [5, 5.41) is 0. The third kappa shape index (κ3) is 2.02. The van der Waals surface area contributed by atoms with Crippen molar-refractivity contribution in [3.8, 4) is 11.3 Å². The molecular formula is C12H14N2S. The molecule has 1 aromatic carbocycles. The van der Waals surface area contributed by atoms with Crippen LogP contribution in [0.25, 0.3) is 11.3 Å². The molecule has 0 aliphatic carbocycles. The molecule has 0 aliphatic heterocycles. The summed E-state index contributed by atoms with van der Waals surface area (Å²) >= 11 is 1.71. The van der Waals surface area contributed by atoms with E-state index in [0.717, 1.165) is 16.9 Å². The van der Waals surface area contributed by atoms with Crippen molar-refractivity contribution in [2.45, 2.75) is 19.8 Å². The molecular weight excluding hydrogens is 204 g/mol. The van der Waals surface area contributed by atoms with Crippen LogP contribution in [0.15, 0.2) is 29.8 Å². The van der Waals surface area contributed by atoms with Crippen LogP contribution >= 0.6 is 11.3 Å². The van der Waals surface area contributed by atoms with E-state index in [2.05, 4.69) is 24.9 Å². The van der Waals surface area contributed by atoms with Crippen LogP contribution in [0, 0.1) is 0 Å². The lowest BCUT2D eigenvalue weighted by atomic mass is 10.1. The van der Waals surface area contributed by atoms with E-state index in [9.17, 15) is 0 Å². The average molecular weight is 218 g/mol. The van der Waals surface area contributed by atoms with Gasteiger partial charge in [-0.3, -0.25) is 0 Å². The Bertz CT molecular complexity index is 460. The highest BCUT2D eigenvalue weighted by atomic mass is 32.1.